The minimum atomic E-state index is -2.24. The molecule has 218 valence electrons. The Labute approximate surface area is 230 Å². The van der Waals surface area contributed by atoms with Crippen molar-refractivity contribution in [3.8, 4) is 0 Å². The highest BCUT2D eigenvalue weighted by Gasteiger charge is 2.43. The van der Waals surface area contributed by atoms with Gasteiger partial charge in [0, 0.05) is 19.4 Å². The maximum absolute atomic E-state index is 13.2. The number of esters is 2. The van der Waals surface area contributed by atoms with Gasteiger partial charge in [0.2, 0.25) is 0 Å². The van der Waals surface area contributed by atoms with E-state index < -0.39 is 44.5 Å². The molecule has 0 aromatic carbocycles. The molecule has 0 spiro atoms. The minimum absolute atomic E-state index is 0.0587. The summed E-state index contributed by atoms with van der Waals surface area (Å²) in [4.78, 5) is 36.6. The average Bonchev–Trinajstić information content (AvgIpc) is 2.76. The summed E-state index contributed by atoms with van der Waals surface area (Å²) in [5.74, 6) is -1.13. The van der Waals surface area contributed by atoms with E-state index in [1.807, 2.05) is 33.8 Å². The van der Waals surface area contributed by atoms with E-state index in [1.54, 1.807) is 13.0 Å². The molecule has 0 aromatic rings. The van der Waals surface area contributed by atoms with E-state index in [9.17, 15) is 14.4 Å². The molecule has 1 heterocycles. The fourth-order valence-corrected chi connectivity index (χ4v) is 5.66. The zero-order valence-corrected chi connectivity index (χ0v) is 26.3. The second-order valence-corrected chi connectivity index (χ2v) is 16.7. The Bertz CT molecular complexity index is 859. The Balaban J connectivity index is 3.62. The average molecular weight is 555 g/mol. The standard InChI is InChI=1S/C29H50O8Si/c1-12-33-23(5)36-29(9)17-15-24(37-38(10,11)28(6,7)8)19-26(32)35-27(21(3)16-18-30)20(2)13-14-25(29)34-22(4)31/h13-14,16,18,20,23-25,27H,12,15,17,19H2,1-11H3/b14-13+,21-16?/t20-,23?,24+,25-,27-,29+/m0/s1. The van der Waals surface area contributed by atoms with Crippen molar-refractivity contribution in [1.29, 1.82) is 0 Å². The number of carbonyl (C=O) groups excluding carboxylic acids is 3. The van der Waals surface area contributed by atoms with Crippen molar-refractivity contribution in [3.05, 3.63) is 23.8 Å². The lowest BCUT2D eigenvalue weighted by atomic mass is 9.88. The van der Waals surface area contributed by atoms with Crippen molar-refractivity contribution in [2.24, 2.45) is 5.92 Å². The molecular weight excluding hydrogens is 504 g/mol. The molecule has 0 bridgehead atoms. The van der Waals surface area contributed by atoms with E-state index in [4.69, 9.17) is 23.4 Å². The van der Waals surface area contributed by atoms with Crippen LogP contribution in [-0.2, 0) is 37.8 Å². The topological polar surface area (TPSA) is 97.4 Å². The monoisotopic (exact) mass is 554 g/mol. The van der Waals surface area contributed by atoms with E-state index in [1.165, 1.54) is 13.0 Å². The molecule has 0 aromatic heterocycles. The molecule has 9 heteroatoms. The summed E-state index contributed by atoms with van der Waals surface area (Å²) in [5, 5.41) is -0.0623. The molecule has 0 aliphatic carbocycles. The molecule has 0 amide bonds. The SMILES string of the molecule is CCOC(C)O[C@]1(C)CC[C@@H](O[Si](C)(C)C(C)(C)C)CC(=O)O[C@H](C(C)=CC=O)[C@@H](C)/C=C/[C@@H]1OC(C)=O. The molecule has 1 aliphatic heterocycles. The molecule has 0 fully saturated rings. The summed E-state index contributed by atoms with van der Waals surface area (Å²) in [6, 6.07) is 0. The van der Waals surface area contributed by atoms with Gasteiger partial charge in [0.1, 0.15) is 24.1 Å². The van der Waals surface area contributed by atoms with Crippen LogP contribution >= 0.6 is 0 Å². The van der Waals surface area contributed by atoms with Crippen LogP contribution in [0.4, 0.5) is 0 Å². The minimum Gasteiger partial charge on any atom is -0.457 e. The Hall–Kier alpha value is -1.81. The van der Waals surface area contributed by atoms with Crippen LogP contribution in [0.15, 0.2) is 23.8 Å². The molecule has 0 N–H and O–H groups in total. The summed E-state index contributed by atoms with van der Waals surface area (Å²) in [5.41, 5.74) is -0.338. The van der Waals surface area contributed by atoms with Crippen LogP contribution < -0.4 is 0 Å². The largest absolute Gasteiger partial charge is 0.457 e. The zero-order chi connectivity index (χ0) is 29.3. The fourth-order valence-electron chi connectivity index (χ4n) is 4.28. The highest BCUT2D eigenvalue weighted by atomic mass is 28.4. The van der Waals surface area contributed by atoms with Gasteiger partial charge in [-0.15, -0.1) is 0 Å². The Kier molecular flexibility index (Phi) is 13.1. The Morgan fingerprint density at radius 3 is 2.42 bits per heavy atom. The summed E-state index contributed by atoms with van der Waals surface area (Å²) >= 11 is 0. The van der Waals surface area contributed by atoms with Crippen LogP contribution in [0.1, 0.15) is 81.6 Å². The van der Waals surface area contributed by atoms with Crippen molar-refractivity contribution in [1.82, 2.24) is 0 Å². The third kappa shape index (κ3) is 10.4. The van der Waals surface area contributed by atoms with E-state index >= 15 is 0 Å². The fraction of sp³-hybridized carbons (Fsp3) is 0.759. The Morgan fingerprint density at radius 2 is 1.89 bits per heavy atom. The second kappa shape index (κ2) is 14.5. The number of allylic oxidation sites excluding steroid dienone is 1. The first kappa shape index (κ1) is 34.2. The quantitative estimate of drug-likeness (QED) is 0.0868. The van der Waals surface area contributed by atoms with E-state index in [2.05, 4.69) is 33.9 Å². The maximum atomic E-state index is 13.2. The number of cyclic esters (lactones) is 1. The second-order valence-electron chi connectivity index (χ2n) is 11.9. The van der Waals surface area contributed by atoms with Crippen LogP contribution in [0.5, 0.6) is 0 Å². The van der Waals surface area contributed by atoms with Crippen LogP contribution in [0, 0.1) is 5.92 Å². The predicted molar refractivity (Wildman–Crippen MR) is 150 cm³/mol. The molecule has 38 heavy (non-hydrogen) atoms. The summed E-state index contributed by atoms with van der Waals surface area (Å²) < 4.78 is 30.4. The van der Waals surface area contributed by atoms with Crippen LogP contribution in [0.2, 0.25) is 18.1 Å². The van der Waals surface area contributed by atoms with E-state index in [0.29, 0.717) is 31.3 Å². The smallest absolute Gasteiger partial charge is 0.308 e. The van der Waals surface area contributed by atoms with Gasteiger partial charge in [-0.05, 0) is 76.4 Å². The highest BCUT2D eigenvalue weighted by molar-refractivity contribution is 6.74. The number of rotatable bonds is 9. The molecule has 0 radical (unpaired) electrons. The van der Waals surface area contributed by atoms with Crippen molar-refractivity contribution in [2.45, 2.75) is 130 Å². The molecule has 0 saturated heterocycles. The molecule has 6 atom stereocenters. The van der Waals surface area contributed by atoms with Gasteiger partial charge >= 0.3 is 11.9 Å². The summed E-state index contributed by atoms with van der Waals surface area (Å²) in [6.45, 7) is 21.8. The van der Waals surface area contributed by atoms with Crippen LogP contribution in [0.25, 0.3) is 0 Å². The summed E-state index contributed by atoms with van der Waals surface area (Å²) in [6.07, 6.45) is 4.32. The predicted octanol–water partition coefficient (Wildman–Crippen LogP) is 5.90. The maximum Gasteiger partial charge on any atom is 0.308 e. The van der Waals surface area contributed by atoms with Gasteiger partial charge in [-0.25, -0.2) is 0 Å². The molecule has 1 rings (SSSR count). The highest BCUT2D eigenvalue weighted by Crippen LogP contribution is 2.39. The number of hydrogen-bond acceptors (Lipinski definition) is 8. The van der Waals surface area contributed by atoms with Gasteiger partial charge in [0.25, 0.3) is 0 Å². The number of carbonyl (C=O) groups is 3. The van der Waals surface area contributed by atoms with Crippen LogP contribution in [-0.4, -0.2) is 63.4 Å². The molecular formula is C29H50O8Si. The zero-order valence-electron chi connectivity index (χ0n) is 25.3. The lowest BCUT2D eigenvalue weighted by Crippen LogP contribution is -2.48. The lowest BCUT2D eigenvalue weighted by Gasteiger charge is -2.42. The molecule has 0 saturated carbocycles. The molecule has 1 unspecified atom stereocenters. The normalized spacial score (nSPS) is 29.9. The number of hydrogen-bond donors (Lipinski definition) is 0. The van der Waals surface area contributed by atoms with Crippen LogP contribution in [0.3, 0.4) is 0 Å². The summed E-state index contributed by atoms with van der Waals surface area (Å²) in [7, 11) is -2.24. The van der Waals surface area contributed by atoms with Crippen molar-refractivity contribution in [2.75, 3.05) is 6.61 Å². The van der Waals surface area contributed by atoms with E-state index in [0.717, 1.165) is 0 Å². The third-order valence-corrected chi connectivity index (χ3v) is 12.0. The van der Waals surface area contributed by atoms with Crippen molar-refractivity contribution in [3.63, 3.8) is 0 Å². The van der Waals surface area contributed by atoms with Gasteiger partial charge in [0.05, 0.1) is 12.5 Å². The molecule has 1 aliphatic rings. The Morgan fingerprint density at radius 1 is 1.26 bits per heavy atom. The first-order valence-electron chi connectivity index (χ1n) is 13.6. The van der Waals surface area contributed by atoms with Gasteiger partial charge < -0.3 is 23.4 Å². The van der Waals surface area contributed by atoms with Gasteiger partial charge in [0.15, 0.2) is 14.6 Å². The lowest BCUT2D eigenvalue weighted by molar-refractivity contribution is -0.227. The third-order valence-electron chi connectivity index (χ3n) is 7.46. The molecule has 8 nitrogen and oxygen atoms in total. The number of aldehydes is 1. The van der Waals surface area contributed by atoms with Gasteiger partial charge in [-0.3, -0.25) is 14.4 Å². The van der Waals surface area contributed by atoms with Gasteiger partial charge in [-0.1, -0.05) is 33.8 Å². The first-order chi connectivity index (χ1) is 17.5. The number of ether oxygens (including phenoxy) is 4. The van der Waals surface area contributed by atoms with Gasteiger partial charge in [-0.2, -0.15) is 0 Å². The van der Waals surface area contributed by atoms with E-state index in [-0.39, 0.29) is 23.3 Å². The van der Waals surface area contributed by atoms with Crippen molar-refractivity contribution >= 4 is 26.5 Å². The van der Waals surface area contributed by atoms with Crippen molar-refractivity contribution < 1.29 is 37.8 Å². The first-order valence-corrected chi connectivity index (χ1v) is 16.5.